The van der Waals surface area contributed by atoms with Crippen molar-refractivity contribution in [3.63, 3.8) is 0 Å². The molecule has 1 amide bonds. The Bertz CT molecular complexity index is 892. The largest absolute Gasteiger partial charge is 0.482 e. The topological polar surface area (TPSA) is 88.0 Å². The zero-order valence-corrected chi connectivity index (χ0v) is 14.9. The van der Waals surface area contributed by atoms with E-state index in [4.69, 9.17) is 21.4 Å². The third-order valence-electron chi connectivity index (χ3n) is 3.25. The molecule has 0 bridgehead atoms. The predicted molar refractivity (Wildman–Crippen MR) is 102 cm³/mol. The highest BCUT2D eigenvalue weighted by Gasteiger charge is 2.23. The molecule has 2 aromatic carbocycles. The van der Waals surface area contributed by atoms with Crippen LogP contribution in [-0.4, -0.2) is 28.8 Å². The average Bonchev–Trinajstić information content (AvgIpc) is 2.95. The Hall–Kier alpha value is -2.77. The molecule has 1 fully saturated rings. The summed E-state index contributed by atoms with van der Waals surface area (Å²) >= 11 is 7.08. The second-order valence-corrected chi connectivity index (χ2v) is 6.68. The molecule has 1 aliphatic rings. The molecule has 0 aromatic heterocycles. The lowest BCUT2D eigenvalue weighted by Gasteiger charge is -2.03. The first-order valence-corrected chi connectivity index (χ1v) is 8.69. The van der Waals surface area contributed by atoms with E-state index in [0.29, 0.717) is 26.5 Å². The van der Waals surface area contributed by atoms with Crippen LogP contribution in [0.25, 0.3) is 6.08 Å². The van der Waals surface area contributed by atoms with E-state index < -0.39 is 12.6 Å². The van der Waals surface area contributed by atoms with E-state index in [1.54, 1.807) is 54.6 Å². The van der Waals surface area contributed by atoms with Crippen molar-refractivity contribution < 1.29 is 19.4 Å². The van der Waals surface area contributed by atoms with E-state index in [0.717, 1.165) is 5.56 Å². The number of benzene rings is 2. The summed E-state index contributed by atoms with van der Waals surface area (Å²) in [6.45, 7) is -0.400. The quantitative estimate of drug-likeness (QED) is 0.762. The number of aliphatic imine (C=N–C) groups is 1. The van der Waals surface area contributed by atoms with Gasteiger partial charge in [0.2, 0.25) is 0 Å². The van der Waals surface area contributed by atoms with Gasteiger partial charge in [0.15, 0.2) is 11.8 Å². The number of thioether (sulfide) groups is 1. The number of rotatable bonds is 5. The van der Waals surface area contributed by atoms with Crippen molar-refractivity contribution in [1.82, 2.24) is 5.32 Å². The minimum absolute atomic E-state index is 0.228. The number of carbonyl (C=O) groups excluding carboxylic acids is 1. The molecule has 0 spiro atoms. The van der Waals surface area contributed by atoms with Crippen LogP contribution in [0.2, 0.25) is 5.02 Å². The fraction of sp³-hybridized carbons (Fsp3) is 0.0556. The van der Waals surface area contributed by atoms with Crippen LogP contribution in [0.3, 0.4) is 0 Å². The molecular weight excluding hydrogens is 376 g/mol. The first-order chi connectivity index (χ1) is 12.5. The van der Waals surface area contributed by atoms with Crippen molar-refractivity contribution in [2.45, 2.75) is 0 Å². The first kappa shape index (κ1) is 18.0. The second-order valence-electron chi connectivity index (χ2n) is 5.21. The standard InChI is InChI=1S/C18H13ClN2O4S/c19-12-3-5-13(6-4-12)20-18-21-17(24)15(26-18)9-11-1-7-14(8-2-11)25-10-16(22)23/h1-9H,10H2,(H,22,23)(H,20,21,24)/b15-9+. The number of ether oxygens (including phenoxy) is 1. The molecule has 6 nitrogen and oxygen atoms in total. The molecule has 8 heteroatoms. The molecule has 0 unspecified atom stereocenters. The van der Waals surface area contributed by atoms with Crippen LogP contribution in [0.15, 0.2) is 58.4 Å². The Balaban J connectivity index is 1.70. The second kappa shape index (κ2) is 8.07. The molecule has 2 aromatic rings. The Kier molecular flexibility index (Phi) is 5.60. The number of hydrogen-bond acceptors (Lipinski definition) is 5. The van der Waals surface area contributed by atoms with Gasteiger partial charge >= 0.3 is 5.97 Å². The number of amidine groups is 1. The summed E-state index contributed by atoms with van der Waals surface area (Å²) in [5.41, 5.74) is 1.48. The van der Waals surface area contributed by atoms with E-state index in [2.05, 4.69) is 10.3 Å². The molecule has 132 valence electrons. The molecular formula is C18H13ClN2O4S. The Morgan fingerprint density at radius 2 is 1.88 bits per heavy atom. The molecule has 2 N–H and O–H groups in total. The predicted octanol–water partition coefficient (Wildman–Crippen LogP) is 3.70. The van der Waals surface area contributed by atoms with E-state index in [1.165, 1.54) is 11.8 Å². The minimum Gasteiger partial charge on any atom is -0.482 e. The van der Waals surface area contributed by atoms with Gasteiger partial charge in [-0.2, -0.15) is 0 Å². The number of carboxylic acids is 1. The average molecular weight is 389 g/mol. The van der Waals surface area contributed by atoms with E-state index in [9.17, 15) is 9.59 Å². The number of carboxylic acid groups (broad SMARTS) is 1. The summed E-state index contributed by atoms with van der Waals surface area (Å²) in [5, 5.41) is 12.4. The highest BCUT2D eigenvalue weighted by Crippen LogP contribution is 2.28. The van der Waals surface area contributed by atoms with E-state index in [1.807, 2.05) is 0 Å². The third-order valence-corrected chi connectivity index (χ3v) is 4.41. The van der Waals surface area contributed by atoms with Crippen molar-refractivity contribution >= 4 is 52.2 Å². The maximum atomic E-state index is 12.1. The molecule has 3 rings (SSSR count). The molecule has 1 aliphatic heterocycles. The highest BCUT2D eigenvalue weighted by molar-refractivity contribution is 8.18. The third kappa shape index (κ3) is 4.87. The fourth-order valence-corrected chi connectivity index (χ4v) is 3.04. The monoisotopic (exact) mass is 388 g/mol. The Morgan fingerprint density at radius 3 is 2.54 bits per heavy atom. The maximum absolute atomic E-state index is 12.1. The van der Waals surface area contributed by atoms with E-state index in [-0.39, 0.29) is 5.91 Å². The smallest absolute Gasteiger partial charge is 0.341 e. The summed E-state index contributed by atoms with van der Waals surface area (Å²) in [6.07, 6.45) is 1.73. The number of carbonyl (C=O) groups is 2. The normalized spacial score (nSPS) is 16.7. The summed E-state index contributed by atoms with van der Waals surface area (Å²) < 4.78 is 5.07. The summed E-state index contributed by atoms with van der Waals surface area (Å²) in [7, 11) is 0. The SMILES string of the molecule is O=C(O)COc1ccc(/C=C2/SC(=Nc3ccc(Cl)cc3)NC2=O)cc1. The van der Waals surface area contributed by atoms with Gasteiger partial charge in [-0.1, -0.05) is 23.7 Å². The molecule has 0 atom stereocenters. The van der Waals surface area contributed by atoms with Gasteiger partial charge in [0.05, 0.1) is 10.6 Å². The van der Waals surface area contributed by atoms with Crippen LogP contribution < -0.4 is 10.1 Å². The molecule has 1 heterocycles. The molecule has 26 heavy (non-hydrogen) atoms. The van der Waals surface area contributed by atoms with Crippen molar-refractivity contribution in [3.8, 4) is 5.75 Å². The molecule has 0 radical (unpaired) electrons. The number of hydrogen-bond donors (Lipinski definition) is 2. The van der Waals surface area contributed by atoms with Crippen molar-refractivity contribution in [1.29, 1.82) is 0 Å². The lowest BCUT2D eigenvalue weighted by Crippen LogP contribution is -2.19. The highest BCUT2D eigenvalue weighted by atomic mass is 35.5. The van der Waals surface area contributed by atoms with Crippen molar-refractivity contribution in [3.05, 3.63) is 64.0 Å². The Labute approximate surface area is 158 Å². The summed E-state index contributed by atoms with van der Waals surface area (Å²) in [6, 6.07) is 13.8. The molecule has 1 saturated heterocycles. The van der Waals surface area contributed by atoms with E-state index >= 15 is 0 Å². The van der Waals surface area contributed by atoms with Gasteiger partial charge in [0, 0.05) is 5.02 Å². The Morgan fingerprint density at radius 1 is 1.19 bits per heavy atom. The van der Waals surface area contributed by atoms with Crippen LogP contribution in [0.5, 0.6) is 5.75 Å². The number of aliphatic carboxylic acids is 1. The zero-order chi connectivity index (χ0) is 18.5. The van der Waals surface area contributed by atoms with Crippen molar-refractivity contribution in [2.24, 2.45) is 4.99 Å². The number of nitrogens with zero attached hydrogens (tertiary/aromatic N) is 1. The van der Waals surface area contributed by atoms with Crippen LogP contribution in [-0.2, 0) is 9.59 Å². The minimum atomic E-state index is -1.04. The number of nitrogens with one attached hydrogen (secondary N) is 1. The molecule has 0 saturated carbocycles. The summed E-state index contributed by atoms with van der Waals surface area (Å²) in [4.78, 5) is 27.5. The van der Waals surface area contributed by atoms with Crippen LogP contribution in [0, 0.1) is 0 Å². The van der Waals surface area contributed by atoms with Gasteiger partial charge in [0.1, 0.15) is 5.75 Å². The zero-order valence-electron chi connectivity index (χ0n) is 13.3. The van der Waals surface area contributed by atoms with Gasteiger partial charge < -0.3 is 15.2 Å². The van der Waals surface area contributed by atoms with Crippen molar-refractivity contribution in [2.75, 3.05) is 6.61 Å². The lowest BCUT2D eigenvalue weighted by molar-refractivity contribution is -0.139. The van der Waals surface area contributed by atoms with Gasteiger partial charge in [-0.25, -0.2) is 9.79 Å². The van der Waals surface area contributed by atoms with Gasteiger partial charge in [-0.05, 0) is 59.8 Å². The number of halogens is 1. The fourth-order valence-electron chi connectivity index (χ4n) is 2.07. The number of amides is 1. The van der Waals surface area contributed by atoms with Gasteiger partial charge in [0.25, 0.3) is 5.91 Å². The maximum Gasteiger partial charge on any atom is 0.341 e. The lowest BCUT2D eigenvalue weighted by atomic mass is 10.2. The van der Waals surface area contributed by atoms with Crippen LogP contribution >= 0.6 is 23.4 Å². The first-order valence-electron chi connectivity index (χ1n) is 7.49. The molecule has 0 aliphatic carbocycles. The van der Waals surface area contributed by atoms with Gasteiger partial charge in [-0.3, -0.25) is 4.79 Å². The van der Waals surface area contributed by atoms with Gasteiger partial charge in [-0.15, -0.1) is 0 Å². The van der Waals surface area contributed by atoms with Crippen LogP contribution in [0.4, 0.5) is 5.69 Å². The summed E-state index contributed by atoms with van der Waals surface area (Å²) in [5.74, 6) is -0.820. The van der Waals surface area contributed by atoms with Crippen LogP contribution in [0.1, 0.15) is 5.56 Å².